The number of benzene rings is 2. The van der Waals surface area contributed by atoms with Crippen molar-refractivity contribution in [2.75, 3.05) is 26.2 Å². The van der Waals surface area contributed by atoms with Gasteiger partial charge in [0.1, 0.15) is 0 Å². The normalized spacial score (nSPS) is 20.4. The molecule has 2 atom stereocenters. The predicted octanol–water partition coefficient (Wildman–Crippen LogP) is 6.40. The number of rotatable bonds is 4. The van der Waals surface area contributed by atoms with E-state index >= 15 is 0 Å². The molecule has 0 aromatic heterocycles. The van der Waals surface area contributed by atoms with Crippen molar-refractivity contribution in [3.05, 3.63) is 68.7 Å². The lowest BCUT2D eigenvalue weighted by Gasteiger charge is -2.41. The third-order valence-electron chi connectivity index (χ3n) is 7.69. The number of carbonyl (C=O) groups excluding carboxylic acids is 3. The van der Waals surface area contributed by atoms with E-state index in [1.807, 2.05) is 0 Å². The quantitative estimate of drug-likeness (QED) is 0.394. The van der Waals surface area contributed by atoms with Crippen LogP contribution in [-0.2, 0) is 21.9 Å². The Hall–Kier alpha value is -2.99. The topological polar surface area (TPSA) is 69.7 Å². The SMILES string of the molecule is CC(=O)N1CCC(C(=O)N2CCC(NC(=O)c3cc(C(F)(F)F)cc(C(F)(F)F)c3)C(c3cc(Cl)cc(Cl)c3)C2)CC1. The van der Waals surface area contributed by atoms with Gasteiger partial charge < -0.3 is 15.1 Å². The number of alkyl halides is 6. The highest BCUT2D eigenvalue weighted by Gasteiger charge is 2.40. The highest BCUT2D eigenvalue weighted by atomic mass is 35.5. The zero-order chi connectivity index (χ0) is 31.0. The van der Waals surface area contributed by atoms with Crippen LogP contribution in [0.1, 0.15) is 59.2 Å². The molecule has 2 aliphatic rings. The number of amides is 3. The lowest BCUT2D eigenvalue weighted by molar-refractivity contribution is -0.143. The van der Waals surface area contributed by atoms with E-state index in [0.717, 1.165) is 0 Å². The fraction of sp³-hybridized carbons (Fsp3) is 0.464. The molecule has 2 aromatic rings. The molecule has 14 heteroatoms. The molecule has 1 N–H and O–H groups in total. The van der Waals surface area contributed by atoms with Crippen LogP contribution in [0.25, 0.3) is 0 Å². The highest BCUT2D eigenvalue weighted by Crippen LogP contribution is 2.37. The van der Waals surface area contributed by atoms with E-state index in [1.54, 1.807) is 21.9 Å². The van der Waals surface area contributed by atoms with Gasteiger partial charge in [0.25, 0.3) is 5.91 Å². The summed E-state index contributed by atoms with van der Waals surface area (Å²) in [6.07, 6.45) is -9.07. The van der Waals surface area contributed by atoms with Crippen molar-refractivity contribution in [2.45, 2.75) is 50.5 Å². The second-order valence-electron chi connectivity index (χ2n) is 10.5. The van der Waals surface area contributed by atoms with Crippen LogP contribution in [0.5, 0.6) is 0 Å². The molecule has 228 valence electrons. The molecule has 2 saturated heterocycles. The number of hydrogen-bond acceptors (Lipinski definition) is 3. The van der Waals surface area contributed by atoms with Gasteiger partial charge in [0, 0.05) is 66.6 Å². The summed E-state index contributed by atoms with van der Waals surface area (Å²) < 4.78 is 80.2. The monoisotopic (exact) mass is 637 g/mol. The van der Waals surface area contributed by atoms with Gasteiger partial charge >= 0.3 is 12.4 Å². The van der Waals surface area contributed by atoms with Crippen LogP contribution in [0.3, 0.4) is 0 Å². The second-order valence-corrected chi connectivity index (χ2v) is 11.4. The fourth-order valence-corrected chi connectivity index (χ4v) is 6.03. The van der Waals surface area contributed by atoms with E-state index in [2.05, 4.69) is 5.32 Å². The smallest absolute Gasteiger partial charge is 0.349 e. The predicted molar refractivity (Wildman–Crippen MR) is 143 cm³/mol. The van der Waals surface area contributed by atoms with E-state index in [1.165, 1.54) is 13.0 Å². The van der Waals surface area contributed by atoms with Crippen LogP contribution in [0.15, 0.2) is 36.4 Å². The van der Waals surface area contributed by atoms with Crippen LogP contribution in [0.4, 0.5) is 26.3 Å². The summed E-state index contributed by atoms with van der Waals surface area (Å²) in [5.41, 5.74) is -3.45. The van der Waals surface area contributed by atoms with Gasteiger partial charge in [0.05, 0.1) is 11.1 Å². The molecule has 2 aliphatic heterocycles. The Morgan fingerprint density at radius 2 is 1.31 bits per heavy atom. The van der Waals surface area contributed by atoms with Gasteiger partial charge in [0.2, 0.25) is 11.8 Å². The standard InChI is InChI=1S/C28H27Cl2F6N3O3/c1-15(40)38-5-2-16(3-6-38)26(42)39-7-4-24(23(14-39)17-10-21(29)13-22(30)11-17)37-25(41)18-8-19(27(31,32)33)12-20(9-18)28(34,35)36/h8-13,16,23-24H,2-7,14H2,1H3,(H,37,41). The minimum atomic E-state index is -5.11. The summed E-state index contributed by atoms with van der Waals surface area (Å²) in [4.78, 5) is 41.5. The number of hydrogen-bond donors (Lipinski definition) is 1. The number of nitrogens with one attached hydrogen (secondary N) is 1. The maximum Gasteiger partial charge on any atom is 0.416 e. The third-order valence-corrected chi connectivity index (χ3v) is 8.13. The Kier molecular flexibility index (Phi) is 9.37. The molecule has 2 heterocycles. The Morgan fingerprint density at radius 1 is 0.786 bits per heavy atom. The van der Waals surface area contributed by atoms with Gasteiger partial charge in [-0.1, -0.05) is 23.2 Å². The van der Waals surface area contributed by atoms with Crippen LogP contribution < -0.4 is 5.32 Å². The Bertz CT molecular complexity index is 1310. The largest absolute Gasteiger partial charge is 0.416 e. The zero-order valence-electron chi connectivity index (χ0n) is 22.3. The van der Waals surface area contributed by atoms with Gasteiger partial charge in [-0.25, -0.2) is 0 Å². The minimum absolute atomic E-state index is 0.0431. The van der Waals surface area contributed by atoms with Crippen LogP contribution in [0, 0.1) is 5.92 Å². The Balaban J connectivity index is 1.59. The maximum atomic E-state index is 13.4. The molecule has 6 nitrogen and oxygen atoms in total. The van der Waals surface area contributed by atoms with Gasteiger partial charge in [-0.15, -0.1) is 0 Å². The minimum Gasteiger partial charge on any atom is -0.349 e. The van der Waals surface area contributed by atoms with E-state index < -0.39 is 46.9 Å². The van der Waals surface area contributed by atoms with Gasteiger partial charge in [0.15, 0.2) is 0 Å². The van der Waals surface area contributed by atoms with E-state index in [4.69, 9.17) is 23.2 Å². The molecule has 3 amide bonds. The van der Waals surface area contributed by atoms with Crippen molar-refractivity contribution >= 4 is 40.9 Å². The molecule has 0 aliphatic carbocycles. The summed E-state index contributed by atoms with van der Waals surface area (Å²) in [6.45, 7) is 2.65. The molecule has 0 saturated carbocycles. The zero-order valence-corrected chi connectivity index (χ0v) is 23.8. The molecule has 0 spiro atoms. The first-order chi connectivity index (χ1) is 19.5. The summed E-state index contributed by atoms with van der Waals surface area (Å²) in [7, 11) is 0. The first-order valence-corrected chi connectivity index (χ1v) is 13.9. The molecule has 42 heavy (non-hydrogen) atoms. The highest BCUT2D eigenvalue weighted by molar-refractivity contribution is 6.34. The maximum absolute atomic E-state index is 13.4. The number of carbonyl (C=O) groups is 3. The van der Waals surface area contributed by atoms with Crippen LogP contribution in [-0.4, -0.2) is 59.7 Å². The molecule has 2 unspecified atom stereocenters. The Labute approximate surface area is 247 Å². The van der Waals surface area contributed by atoms with E-state index in [-0.39, 0.29) is 53.4 Å². The average molecular weight is 638 g/mol. The van der Waals surface area contributed by atoms with Gasteiger partial charge in [-0.05, 0) is 61.2 Å². The van der Waals surface area contributed by atoms with E-state index in [0.29, 0.717) is 43.6 Å². The van der Waals surface area contributed by atoms with Crippen LogP contribution >= 0.6 is 23.2 Å². The van der Waals surface area contributed by atoms with Crippen LogP contribution in [0.2, 0.25) is 10.0 Å². The van der Waals surface area contributed by atoms with Gasteiger partial charge in [-0.3, -0.25) is 14.4 Å². The van der Waals surface area contributed by atoms with Crippen molar-refractivity contribution < 1.29 is 40.7 Å². The second kappa shape index (κ2) is 12.3. The summed E-state index contributed by atoms with van der Waals surface area (Å²) in [6, 6.07) is 4.60. The molecule has 4 rings (SSSR count). The number of likely N-dealkylation sites (tertiary alicyclic amines) is 2. The summed E-state index contributed by atoms with van der Waals surface area (Å²) in [5.74, 6) is -2.26. The molecular weight excluding hydrogens is 611 g/mol. The molecular formula is C28H27Cl2F6N3O3. The van der Waals surface area contributed by atoms with E-state index in [9.17, 15) is 40.7 Å². The van der Waals surface area contributed by atoms with Crippen molar-refractivity contribution in [3.63, 3.8) is 0 Å². The number of piperidine rings is 2. The third kappa shape index (κ3) is 7.50. The first-order valence-electron chi connectivity index (χ1n) is 13.1. The fourth-order valence-electron chi connectivity index (χ4n) is 5.49. The number of halogens is 8. The van der Waals surface area contributed by atoms with Crippen molar-refractivity contribution in [2.24, 2.45) is 5.92 Å². The summed E-state index contributed by atoms with van der Waals surface area (Å²) >= 11 is 12.4. The molecule has 0 radical (unpaired) electrons. The van der Waals surface area contributed by atoms with Crippen molar-refractivity contribution in [1.82, 2.24) is 15.1 Å². The molecule has 2 aromatic carbocycles. The lowest BCUT2D eigenvalue weighted by Crippen LogP contribution is -2.53. The molecule has 2 fully saturated rings. The van der Waals surface area contributed by atoms with Crippen molar-refractivity contribution in [1.29, 1.82) is 0 Å². The number of nitrogens with zero attached hydrogens (tertiary/aromatic N) is 2. The van der Waals surface area contributed by atoms with Crippen molar-refractivity contribution in [3.8, 4) is 0 Å². The lowest BCUT2D eigenvalue weighted by atomic mass is 9.84. The molecule has 0 bridgehead atoms. The summed E-state index contributed by atoms with van der Waals surface area (Å²) in [5, 5.41) is 3.14. The Morgan fingerprint density at radius 3 is 1.81 bits per heavy atom. The average Bonchev–Trinajstić information content (AvgIpc) is 2.91. The first kappa shape index (κ1) is 31.9. The van der Waals surface area contributed by atoms with Gasteiger partial charge in [-0.2, -0.15) is 26.3 Å².